The highest BCUT2D eigenvalue weighted by Gasteiger charge is 2.62. The minimum atomic E-state index is -3.50. The first kappa shape index (κ1) is 12.1. The van der Waals surface area contributed by atoms with Crippen LogP contribution in [-0.4, -0.2) is 25.4 Å². The van der Waals surface area contributed by atoms with Crippen LogP contribution < -0.4 is 0 Å². The molecule has 1 N–H and O–H groups in total. The van der Waals surface area contributed by atoms with Gasteiger partial charge in [-0.05, 0) is 25.5 Å². The molecule has 0 bridgehead atoms. The number of benzene rings is 1. The normalized spacial score (nSPS) is 27.5. The summed E-state index contributed by atoms with van der Waals surface area (Å²) >= 11 is 0. The summed E-state index contributed by atoms with van der Waals surface area (Å²) in [5.41, 5.74) is -0.113. The average molecular weight is 251 g/mol. The van der Waals surface area contributed by atoms with Gasteiger partial charge in [-0.3, -0.25) is 0 Å². The summed E-state index contributed by atoms with van der Waals surface area (Å²) in [6.45, 7) is 1.47. The molecule has 0 heterocycles. The molecule has 2 rings (SSSR count). The number of nitrogens with zero attached hydrogens (tertiary/aromatic N) is 1. The zero-order valence-electron chi connectivity index (χ0n) is 9.42. The first-order valence-corrected chi connectivity index (χ1v) is 6.83. The molecule has 0 aromatic heterocycles. The Balaban J connectivity index is 2.35. The van der Waals surface area contributed by atoms with Crippen LogP contribution in [-0.2, 0) is 9.84 Å². The quantitative estimate of drug-likeness (QED) is 0.870. The predicted octanol–water partition coefficient (Wildman–Crippen LogP) is 1.04. The summed E-state index contributed by atoms with van der Waals surface area (Å²) in [6.07, 6.45) is 0.218. The van der Waals surface area contributed by atoms with Gasteiger partial charge in [-0.15, -0.1) is 0 Å². The largest absolute Gasteiger partial charge is 0.395 e. The molecule has 1 aliphatic rings. The van der Waals surface area contributed by atoms with Crippen LogP contribution in [0.1, 0.15) is 12.0 Å². The van der Waals surface area contributed by atoms with Crippen molar-refractivity contribution in [2.45, 2.75) is 23.5 Å². The molecule has 1 aromatic rings. The molecule has 1 saturated carbocycles. The third-order valence-corrected chi connectivity index (χ3v) is 5.53. The van der Waals surface area contributed by atoms with E-state index in [0.717, 1.165) is 5.56 Å². The maximum Gasteiger partial charge on any atom is 0.182 e. The standard InChI is InChI=1S/C12H13NO3S/c1-9-2-4-10(5-3-9)17(15,16)11-6-12(11,7-13)8-14/h2-5,11,14H,6,8H2,1H3/t11-,12+/m0/s1. The highest BCUT2D eigenvalue weighted by molar-refractivity contribution is 7.92. The minimum absolute atomic E-state index is 0.218. The Bertz CT molecular complexity index is 571. The maximum absolute atomic E-state index is 12.2. The molecule has 0 saturated heterocycles. The number of aryl methyl sites for hydroxylation is 1. The smallest absolute Gasteiger partial charge is 0.182 e. The van der Waals surface area contributed by atoms with E-state index in [-0.39, 0.29) is 11.3 Å². The molecule has 4 nitrogen and oxygen atoms in total. The SMILES string of the molecule is Cc1ccc(S(=O)(=O)[C@H]2C[C@@]2(C#N)CO)cc1. The summed E-state index contributed by atoms with van der Waals surface area (Å²) in [5, 5.41) is 17.2. The van der Waals surface area contributed by atoms with E-state index in [9.17, 15) is 8.42 Å². The minimum Gasteiger partial charge on any atom is -0.395 e. The van der Waals surface area contributed by atoms with Crippen molar-refractivity contribution >= 4 is 9.84 Å². The highest BCUT2D eigenvalue weighted by atomic mass is 32.2. The molecule has 0 unspecified atom stereocenters. The fraction of sp³-hybridized carbons (Fsp3) is 0.417. The molecule has 1 fully saturated rings. The number of aliphatic hydroxyl groups excluding tert-OH is 1. The Morgan fingerprint density at radius 2 is 2.06 bits per heavy atom. The number of hydrogen-bond acceptors (Lipinski definition) is 4. The molecular weight excluding hydrogens is 238 g/mol. The lowest BCUT2D eigenvalue weighted by atomic mass is 10.2. The Labute approximate surface area is 100 Å². The van der Waals surface area contributed by atoms with Crippen molar-refractivity contribution in [3.8, 4) is 6.07 Å². The van der Waals surface area contributed by atoms with Gasteiger partial charge in [0.15, 0.2) is 9.84 Å². The average Bonchev–Trinajstić information content (AvgIpc) is 3.06. The lowest BCUT2D eigenvalue weighted by molar-refractivity contribution is 0.246. The molecular formula is C12H13NO3S. The van der Waals surface area contributed by atoms with E-state index in [4.69, 9.17) is 10.4 Å². The van der Waals surface area contributed by atoms with Crippen molar-refractivity contribution in [1.29, 1.82) is 5.26 Å². The van der Waals surface area contributed by atoms with E-state index in [1.165, 1.54) is 0 Å². The van der Waals surface area contributed by atoms with Gasteiger partial charge < -0.3 is 5.11 Å². The first-order chi connectivity index (χ1) is 7.96. The number of aliphatic hydroxyl groups is 1. The van der Waals surface area contributed by atoms with Crippen LogP contribution in [0.2, 0.25) is 0 Å². The molecule has 1 aromatic carbocycles. The van der Waals surface area contributed by atoms with Gasteiger partial charge in [0.25, 0.3) is 0 Å². The van der Waals surface area contributed by atoms with Crippen LogP contribution in [0.5, 0.6) is 0 Å². The number of nitriles is 1. The van der Waals surface area contributed by atoms with Crippen molar-refractivity contribution in [1.82, 2.24) is 0 Å². The summed E-state index contributed by atoms with van der Waals surface area (Å²) in [6, 6.07) is 8.45. The van der Waals surface area contributed by atoms with E-state index in [1.54, 1.807) is 24.3 Å². The van der Waals surface area contributed by atoms with Gasteiger partial charge in [0.05, 0.1) is 28.2 Å². The van der Waals surface area contributed by atoms with Gasteiger partial charge in [0, 0.05) is 0 Å². The molecule has 2 atom stereocenters. The van der Waals surface area contributed by atoms with Crippen molar-refractivity contribution in [3.05, 3.63) is 29.8 Å². The zero-order valence-corrected chi connectivity index (χ0v) is 10.2. The van der Waals surface area contributed by atoms with E-state index in [1.807, 2.05) is 13.0 Å². The topological polar surface area (TPSA) is 78.2 Å². The molecule has 17 heavy (non-hydrogen) atoms. The van der Waals surface area contributed by atoms with Crippen LogP contribution in [0, 0.1) is 23.7 Å². The Hall–Kier alpha value is -1.38. The highest BCUT2D eigenvalue weighted by Crippen LogP contribution is 2.51. The number of hydrogen-bond donors (Lipinski definition) is 1. The van der Waals surface area contributed by atoms with Crippen LogP contribution >= 0.6 is 0 Å². The van der Waals surface area contributed by atoms with Gasteiger partial charge >= 0.3 is 0 Å². The fourth-order valence-electron chi connectivity index (χ4n) is 1.89. The van der Waals surface area contributed by atoms with Crippen molar-refractivity contribution in [2.24, 2.45) is 5.41 Å². The van der Waals surface area contributed by atoms with Gasteiger partial charge in [-0.2, -0.15) is 5.26 Å². The summed E-state index contributed by atoms with van der Waals surface area (Å²) in [4.78, 5) is 0.221. The van der Waals surface area contributed by atoms with Crippen LogP contribution in [0.4, 0.5) is 0 Å². The van der Waals surface area contributed by atoms with Crippen molar-refractivity contribution < 1.29 is 13.5 Å². The maximum atomic E-state index is 12.2. The molecule has 0 spiro atoms. The fourth-order valence-corrected chi connectivity index (χ4v) is 3.97. The van der Waals surface area contributed by atoms with E-state index in [2.05, 4.69) is 0 Å². The molecule has 5 heteroatoms. The molecule has 0 amide bonds. The Morgan fingerprint density at radius 1 is 1.47 bits per heavy atom. The summed E-state index contributed by atoms with van der Waals surface area (Å²) < 4.78 is 24.4. The van der Waals surface area contributed by atoms with Gasteiger partial charge in [-0.1, -0.05) is 17.7 Å². The predicted molar refractivity (Wildman–Crippen MR) is 61.9 cm³/mol. The zero-order chi connectivity index (χ0) is 12.7. The van der Waals surface area contributed by atoms with Gasteiger partial charge in [0.2, 0.25) is 0 Å². The second kappa shape index (κ2) is 3.83. The summed E-state index contributed by atoms with van der Waals surface area (Å²) in [5.74, 6) is 0. The molecule has 0 radical (unpaired) electrons. The van der Waals surface area contributed by atoms with Crippen molar-refractivity contribution in [3.63, 3.8) is 0 Å². The van der Waals surface area contributed by atoms with Crippen LogP contribution in [0.3, 0.4) is 0 Å². The van der Waals surface area contributed by atoms with Gasteiger partial charge in [-0.25, -0.2) is 8.42 Å². The lowest BCUT2D eigenvalue weighted by Gasteiger charge is -2.06. The molecule has 90 valence electrons. The number of rotatable bonds is 3. The van der Waals surface area contributed by atoms with Crippen LogP contribution in [0.15, 0.2) is 29.2 Å². The van der Waals surface area contributed by atoms with E-state index < -0.39 is 27.1 Å². The monoisotopic (exact) mass is 251 g/mol. The van der Waals surface area contributed by atoms with Crippen LogP contribution in [0.25, 0.3) is 0 Å². The molecule has 1 aliphatic carbocycles. The number of sulfone groups is 1. The second-order valence-corrected chi connectivity index (χ2v) is 6.61. The third-order valence-electron chi connectivity index (χ3n) is 3.23. The van der Waals surface area contributed by atoms with Gasteiger partial charge in [0.1, 0.15) is 0 Å². The summed E-state index contributed by atoms with van der Waals surface area (Å²) in [7, 11) is -3.50. The Kier molecular flexibility index (Phi) is 2.72. The first-order valence-electron chi connectivity index (χ1n) is 5.29. The third kappa shape index (κ3) is 1.84. The molecule has 0 aliphatic heterocycles. The van der Waals surface area contributed by atoms with E-state index >= 15 is 0 Å². The van der Waals surface area contributed by atoms with Crippen molar-refractivity contribution in [2.75, 3.05) is 6.61 Å². The Morgan fingerprint density at radius 3 is 2.47 bits per heavy atom. The van der Waals surface area contributed by atoms with E-state index in [0.29, 0.717) is 0 Å². The second-order valence-electron chi connectivity index (χ2n) is 4.48. The lowest BCUT2D eigenvalue weighted by Crippen LogP contribution is -2.18.